The molecule has 5 heteroatoms. The highest BCUT2D eigenvalue weighted by Crippen LogP contribution is 2.18. The summed E-state index contributed by atoms with van der Waals surface area (Å²) >= 11 is 1.35. The van der Waals surface area contributed by atoms with Gasteiger partial charge in [0.2, 0.25) is 5.91 Å². The summed E-state index contributed by atoms with van der Waals surface area (Å²) in [6.45, 7) is 0.362. The van der Waals surface area contributed by atoms with Crippen molar-refractivity contribution in [3.05, 3.63) is 65.7 Å². The highest BCUT2D eigenvalue weighted by Gasteiger charge is 2.10. The molecular formula is C16H15F2NOS. The van der Waals surface area contributed by atoms with Crippen molar-refractivity contribution in [2.75, 3.05) is 12.8 Å². The minimum Gasteiger partial charge on any atom is -0.341 e. The smallest absolute Gasteiger partial charge is 0.232 e. The van der Waals surface area contributed by atoms with E-state index in [1.807, 2.05) is 0 Å². The SMILES string of the molecule is CN(Cc1cccc(F)c1)C(=O)CSc1ccc(F)cc1. The molecule has 2 aromatic rings. The van der Waals surface area contributed by atoms with Crippen LogP contribution in [0.25, 0.3) is 0 Å². The summed E-state index contributed by atoms with van der Waals surface area (Å²) in [4.78, 5) is 14.4. The van der Waals surface area contributed by atoms with E-state index >= 15 is 0 Å². The van der Waals surface area contributed by atoms with Gasteiger partial charge in [-0.2, -0.15) is 0 Å². The van der Waals surface area contributed by atoms with Gasteiger partial charge in [0.25, 0.3) is 0 Å². The Kier molecular flexibility index (Phi) is 5.33. The van der Waals surface area contributed by atoms with Crippen molar-refractivity contribution in [2.45, 2.75) is 11.4 Å². The Bertz CT molecular complexity index is 616. The van der Waals surface area contributed by atoms with Gasteiger partial charge in [-0.1, -0.05) is 12.1 Å². The van der Waals surface area contributed by atoms with Crippen molar-refractivity contribution < 1.29 is 13.6 Å². The summed E-state index contributed by atoms with van der Waals surface area (Å²) in [6, 6.07) is 12.2. The molecule has 2 rings (SSSR count). The largest absolute Gasteiger partial charge is 0.341 e. The quantitative estimate of drug-likeness (QED) is 0.785. The zero-order valence-corrected chi connectivity index (χ0v) is 12.4. The van der Waals surface area contributed by atoms with E-state index in [2.05, 4.69) is 0 Å². The van der Waals surface area contributed by atoms with Crippen LogP contribution in [0, 0.1) is 11.6 Å². The van der Waals surface area contributed by atoms with Crippen LogP contribution in [-0.2, 0) is 11.3 Å². The van der Waals surface area contributed by atoms with Gasteiger partial charge in [-0.3, -0.25) is 4.79 Å². The average Bonchev–Trinajstić information content (AvgIpc) is 2.46. The molecule has 110 valence electrons. The maximum Gasteiger partial charge on any atom is 0.232 e. The minimum atomic E-state index is -0.311. The van der Waals surface area contributed by atoms with Crippen molar-refractivity contribution >= 4 is 17.7 Å². The highest BCUT2D eigenvalue weighted by atomic mass is 32.2. The van der Waals surface area contributed by atoms with Gasteiger partial charge in [0.1, 0.15) is 11.6 Å². The fraction of sp³-hybridized carbons (Fsp3) is 0.188. The van der Waals surface area contributed by atoms with Crippen LogP contribution in [0.5, 0.6) is 0 Å². The zero-order valence-electron chi connectivity index (χ0n) is 11.6. The van der Waals surface area contributed by atoms with Crippen LogP contribution in [0.1, 0.15) is 5.56 Å². The second kappa shape index (κ2) is 7.22. The molecule has 0 saturated carbocycles. The van der Waals surface area contributed by atoms with Crippen molar-refractivity contribution in [1.29, 1.82) is 0 Å². The Labute approximate surface area is 126 Å². The first-order valence-corrected chi connectivity index (χ1v) is 7.40. The number of rotatable bonds is 5. The third kappa shape index (κ3) is 4.86. The molecule has 0 saturated heterocycles. The molecule has 0 aromatic heterocycles. The molecule has 21 heavy (non-hydrogen) atoms. The maximum absolute atomic E-state index is 13.1. The number of amides is 1. The molecule has 0 atom stereocenters. The fourth-order valence-electron chi connectivity index (χ4n) is 1.78. The third-order valence-electron chi connectivity index (χ3n) is 2.91. The van der Waals surface area contributed by atoms with Crippen LogP contribution in [0.4, 0.5) is 8.78 Å². The van der Waals surface area contributed by atoms with Gasteiger partial charge in [0.15, 0.2) is 0 Å². The Morgan fingerprint density at radius 1 is 1.10 bits per heavy atom. The van der Waals surface area contributed by atoms with Gasteiger partial charge in [-0.05, 0) is 42.0 Å². The Morgan fingerprint density at radius 2 is 1.81 bits per heavy atom. The molecular weight excluding hydrogens is 292 g/mol. The van der Waals surface area contributed by atoms with E-state index in [0.717, 1.165) is 10.5 Å². The standard InChI is InChI=1S/C16H15F2NOS/c1-19(10-12-3-2-4-14(18)9-12)16(20)11-21-15-7-5-13(17)6-8-15/h2-9H,10-11H2,1H3. The van der Waals surface area contributed by atoms with Gasteiger partial charge in [-0.15, -0.1) is 11.8 Å². The number of thioether (sulfide) groups is 1. The summed E-state index contributed by atoms with van der Waals surface area (Å²) in [5.74, 6) is -0.409. The first-order valence-electron chi connectivity index (χ1n) is 6.41. The molecule has 0 aliphatic rings. The van der Waals surface area contributed by atoms with E-state index in [4.69, 9.17) is 0 Å². The predicted octanol–water partition coefficient (Wildman–Crippen LogP) is 3.72. The van der Waals surface area contributed by atoms with Crippen LogP contribution >= 0.6 is 11.8 Å². The third-order valence-corrected chi connectivity index (χ3v) is 3.91. The number of halogens is 2. The van der Waals surface area contributed by atoms with Crippen LogP contribution in [0.3, 0.4) is 0 Å². The van der Waals surface area contributed by atoms with Crippen LogP contribution in [0.15, 0.2) is 53.4 Å². The second-order valence-electron chi connectivity index (χ2n) is 4.62. The van der Waals surface area contributed by atoms with Crippen LogP contribution in [-0.4, -0.2) is 23.6 Å². The summed E-state index contributed by atoms with van der Waals surface area (Å²) < 4.78 is 25.9. The number of hydrogen-bond acceptors (Lipinski definition) is 2. The molecule has 0 unspecified atom stereocenters. The Morgan fingerprint density at radius 3 is 2.48 bits per heavy atom. The molecule has 0 aliphatic heterocycles. The Hall–Kier alpha value is -1.88. The number of carbonyl (C=O) groups excluding carboxylic acids is 1. The van der Waals surface area contributed by atoms with Crippen molar-refractivity contribution in [1.82, 2.24) is 4.90 Å². The minimum absolute atomic E-state index is 0.0615. The molecule has 2 nitrogen and oxygen atoms in total. The van der Waals surface area contributed by atoms with Gasteiger partial charge >= 0.3 is 0 Å². The lowest BCUT2D eigenvalue weighted by Crippen LogP contribution is -2.27. The van der Waals surface area contributed by atoms with Gasteiger partial charge in [-0.25, -0.2) is 8.78 Å². The lowest BCUT2D eigenvalue weighted by atomic mass is 10.2. The molecule has 0 N–H and O–H groups in total. The molecule has 0 heterocycles. The first kappa shape index (κ1) is 15.5. The van der Waals surface area contributed by atoms with Crippen molar-refractivity contribution in [3.8, 4) is 0 Å². The zero-order chi connectivity index (χ0) is 15.2. The van der Waals surface area contributed by atoms with E-state index in [-0.39, 0.29) is 23.3 Å². The van der Waals surface area contributed by atoms with Gasteiger partial charge < -0.3 is 4.90 Å². The summed E-state index contributed by atoms with van der Waals surface area (Å²) in [5, 5.41) is 0. The highest BCUT2D eigenvalue weighted by molar-refractivity contribution is 8.00. The monoisotopic (exact) mass is 307 g/mol. The number of benzene rings is 2. The summed E-state index contributed by atoms with van der Waals surface area (Å²) in [7, 11) is 1.68. The topological polar surface area (TPSA) is 20.3 Å². The van der Waals surface area contributed by atoms with Gasteiger partial charge in [0.05, 0.1) is 5.75 Å². The van der Waals surface area contributed by atoms with Crippen molar-refractivity contribution in [3.63, 3.8) is 0 Å². The first-order chi connectivity index (χ1) is 10.0. The van der Waals surface area contributed by atoms with E-state index in [9.17, 15) is 13.6 Å². The molecule has 1 amide bonds. The molecule has 2 aromatic carbocycles. The number of hydrogen-bond donors (Lipinski definition) is 0. The maximum atomic E-state index is 13.1. The summed E-state index contributed by atoms with van der Waals surface area (Å²) in [6.07, 6.45) is 0. The van der Waals surface area contributed by atoms with Crippen LogP contribution in [0.2, 0.25) is 0 Å². The van der Waals surface area contributed by atoms with E-state index in [0.29, 0.717) is 6.54 Å². The lowest BCUT2D eigenvalue weighted by Gasteiger charge is -2.17. The van der Waals surface area contributed by atoms with Crippen molar-refractivity contribution in [2.24, 2.45) is 0 Å². The Balaban J connectivity index is 1.86. The lowest BCUT2D eigenvalue weighted by molar-refractivity contribution is -0.127. The van der Waals surface area contributed by atoms with Crippen LogP contribution < -0.4 is 0 Å². The number of nitrogens with zero attached hydrogens (tertiary/aromatic N) is 1. The number of carbonyl (C=O) groups is 1. The molecule has 0 aliphatic carbocycles. The fourth-order valence-corrected chi connectivity index (χ4v) is 2.62. The molecule has 0 spiro atoms. The second-order valence-corrected chi connectivity index (χ2v) is 5.67. The van der Waals surface area contributed by atoms with E-state index in [1.54, 1.807) is 36.2 Å². The van der Waals surface area contributed by atoms with E-state index in [1.165, 1.54) is 36.0 Å². The molecule has 0 fully saturated rings. The van der Waals surface area contributed by atoms with E-state index < -0.39 is 0 Å². The average molecular weight is 307 g/mol. The molecule has 0 radical (unpaired) electrons. The van der Waals surface area contributed by atoms with Gasteiger partial charge in [0, 0.05) is 18.5 Å². The predicted molar refractivity (Wildman–Crippen MR) is 80.0 cm³/mol. The normalized spacial score (nSPS) is 10.4. The summed E-state index contributed by atoms with van der Waals surface area (Å²) in [5.41, 5.74) is 0.748. The molecule has 0 bridgehead atoms.